The number of ether oxygens (including phenoxy) is 2. The molecule has 0 radical (unpaired) electrons. The summed E-state index contributed by atoms with van der Waals surface area (Å²) in [5.41, 5.74) is 0.774. The molecule has 1 N–H and O–H groups in total. The summed E-state index contributed by atoms with van der Waals surface area (Å²) in [5, 5.41) is 0. The van der Waals surface area contributed by atoms with Gasteiger partial charge in [0.1, 0.15) is 24.8 Å². The number of halogens is 1. The Hall–Kier alpha value is -2.45. The predicted molar refractivity (Wildman–Crippen MR) is 94.2 cm³/mol. The van der Waals surface area contributed by atoms with Crippen LogP contribution in [-0.4, -0.2) is 34.1 Å². The van der Waals surface area contributed by atoms with E-state index in [1.165, 1.54) is 36.4 Å². The molecule has 26 heavy (non-hydrogen) atoms. The van der Waals surface area contributed by atoms with E-state index in [1.807, 2.05) is 0 Å². The van der Waals surface area contributed by atoms with Crippen LogP contribution in [0.5, 0.6) is 5.75 Å². The van der Waals surface area contributed by atoms with Gasteiger partial charge in [-0.3, -0.25) is 0 Å². The van der Waals surface area contributed by atoms with Gasteiger partial charge < -0.3 is 9.47 Å². The maximum Gasteiger partial charge on any atom is 0.338 e. The van der Waals surface area contributed by atoms with Crippen LogP contribution in [0, 0.1) is 12.7 Å². The molecule has 0 aromatic heterocycles. The van der Waals surface area contributed by atoms with Gasteiger partial charge in [0.25, 0.3) is 0 Å². The van der Waals surface area contributed by atoms with Crippen LogP contribution in [0.2, 0.25) is 0 Å². The maximum absolute atomic E-state index is 12.8. The van der Waals surface area contributed by atoms with Crippen molar-refractivity contribution in [2.75, 3.05) is 19.8 Å². The molecule has 0 heterocycles. The van der Waals surface area contributed by atoms with Gasteiger partial charge >= 0.3 is 5.97 Å². The summed E-state index contributed by atoms with van der Waals surface area (Å²) >= 11 is 0. The van der Waals surface area contributed by atoms with Crippen molar-refractivity contribution >= 4 is 16.0 Å². The first-order valence-electron chi connectivity index (χ1n) is 7.99. The van der Waals surface area contributed by atoms with E-state index < -0.39 is 16.0 Å². The normalized spacial score (nSPS) is 11.2. The van der Waals surface area contributed by atoms with Gasteiger partial charge in [0.05, 0.1) is 10.5 Å². The molecule has 2 aromatic carbocycles. The molecule has 6 nitrogen and oxygen atoms in total. The zero-order chi connectivity index (χ0) is 19.2. The Kier molecular flexibility index (Phi) is 6.70. The lowest BCUT2D eigenvalue weighted by molar-refractivity contribution is 0.0449. The summed E-state index contributed by atoms with van der Waals surface area (Å²) in [4.78, 5) is 12.2. The van der Waals surface area contributed by atoms with Crippen molar-refractivity contribution in [1.29, 1.82) is 0 Å². The number of hydrogen-bond donors (Lipinski definition) is 1. The quantitative estimate of drug-likeness (QED) is 0.562. The fourth-order valence-electron chi connectivity index (χ4n) is 2.16. The number of carbonyl (C=O) groups is 1. The van der Waals surface area contributed by atoms with E-state index in [4.69, 9.17) is 9.47 Å². The highest BCUT2D eigenvalue weighted by Crippen LogP contribution is 2.17. The summed E-state index contributed by atoms with van der Waals surface area (Å²) in [6.45, 7) is 3.67. The van der Waals surface area contributed by atoms with Crippen molar-refractivity contribution in [2.45, 2.75) is 18.7 Å². The Morgan fingerprint density at radius 3 is 2.46 bits per heavy atom. The molecule has 0 spiro atoms. The van der Waals surface area contributed by atoms with Gasteiger partial charge in [0.15, 0.2) is 0 Å². The Morgan fingerprint density at radius 1 is 1.12 bits per heavy atom. The summed E-state index contributed by atoms with van der Waals surface area (Å²) < 4.78 is 49.7. The zero-order valence-electron chi connectivity index (χ0n) is 14.5. The summed E-state index contributed by atoms with van der Waals surface area (Å²) in [5.74, 6) is -0.553. The van der Waals surface area contributed by atoms with Crippen LogP contribution in [-0.2, 0) is 14.8 Å². The number of hydrogen-bond acceptors (Lipinski definition) is 5. The number of nitrogens with one attached hydrogen (secondary N) is 1. The first kappa shape index (κ1) is 19.9. The molecule has 2 rings (SSSR count). The molecule has 0 aliphatic rings. The van der Waals surface area contributed by atoms with Crippen LogP contribution in [0.15, 0.2) is 47.4 Å². The molecule has 0 saturated heterocycles. The second kappa shape index (κ2) is 8.77. The lowest BCUT2D eigenvalue weighted by atomic mass is 10.1. The Morgan fingerprint density at radius 2 is 1.81 bits per heavy atom. The Labute approximate surface area is 152 Å². The minimum Gasteiger partial charge on any atom is -0.490 e. The second-order valence-corrected chi connectivity index (χ2v) is 7.18. The first-order chi connectivity index (χ1) is 12.3. The standard InChI is InChI=1S/C18H20FNO5S/c1-3-20-26(22,23)16-9-4-13(2)17(12-16)18(21)25-11-10-24-15-7-5-14(19)6-8-15/h4-9,12,20H,3,10-11H2,1-2H3. The molecule has 0 amide bonds. The summed E-state index contributed by atoms with van der Waals surface area (Å²) in [6.07, 6.45) is 0. The molecule has 0 unspecified atom stereocenters. The van der Waals surface area contributed by atoms with Crippen molar-refractivity contribution in [3.05, 3.63) is 59.4 Å². The Balaban J connectivity index is 1.97. The molecule has 8 heteroatoms. The van der Waals surface area contributed by atoms with E-state index in [9.17, 15) is 17.6 Å². The topological polar surface area (TPSA) is 81.7 Å². The lowest BCUT2D eigenvalue weighted by Crippen LogP contribution is -2.23. The Bertz CT molecular complexity index is 866. The number of benzene rings is 2. The van der Waals surface area contributed by atoms with Crippen molar-refractivity contribution < 1.29 is 27.1 Å². The van der Waals surface area contributed by atoms with E-state index in [0.717, 1.165) is 0 Å². The number of aryl methyl sites for hydroxylation is 1. The molecular formula is C18H20FNO5S. The average molecular weight is 381 g/mol. The van der Waals surface area contributed by atoms with Crippen LogP contribution in [0.4, 0.5) is 4.39 Å². The average Bonchev–Trinajstić information content (AvgIpc) is 2.60. The van der Waals surface area contributed by atoms with Gasteiger partial charge in [-0.1, -0.05) is 13.0 Å². The van der Waals surface area contributed by atoms with E-state index in [-0.39, 0.29) is 36.0 Å². The van der Waals surface area contributed by atoms with Gasteiger partial charge in [-0.2, -0.15) is 0 Å². The van der Waals surface area contributed by atoms with Gasteiger partial charge in [0, 0.05) is 6.54 Å². The number of carbonyl (C=O) groups excluding carboxylic acids is 1. The van der Waals surface area contributed by atoms with Crippen molar-refractivity contribution in [3.8, 4) is 5.75 Å². The highest BCUT2D eigenvalue weighted by atomic mass is 32.2. The molecule has 0 bridgehead atoms. The monoisotopic (exact) mass is 381 g/mol. The molecular weight excluding hydrogens is 361 g/mol. The molecule has 140 valence electrons. The van der Waals surface area contributed by atoms with E-state index in [1.54, 1.807) is 19.9 Å². The van der Waals surface area contributed by atoms with Gasteiger partial charge in [-0.25, -0.2) is 22.3 Å². The molecule has 0 fully saturated rings. The van der Waals surface area contributed by atoms with Crippen LogP contribution < -0.4 is 9.46 Å². The van der Waals surface area contributed by atoms with Crippen molar-refractivity contribution in [1.82, 2.24) is 4.72 Å². The number of esters is 1. The first-order valence-corrected chi connectivity index (χ1v) is 9.47. The van der Waals surface area contributed by atoms with E-state index in [0.29, 0.717) is 11.3 Å². The number of sulfonamides is 1. The molecule has 0 atom stereocenters. The van der Waals surface area contributed by atoms with Gasteiger partial charge in [0.2, 0.25) is 10.0 Å². The second-order valence-electron chi connectivity index (χ2n) is 5.42. The van der Waals surface area contributed by atoms with E-state index >= 15 is 0 Å². The molecule has 0 aliphatic carbocycles. The third-order valence-electron chi connectivity index (χ3n) is 3.47. The van der Waals surface area contributed by atoms with Gasteiger partial charge in [-0.15, -0.1) is 0 Å². The minimum atomic E-state index is -3.66. The highest BCUT2D eigenvalue weighted by Gasteiger charge is 2.18. The smallest absolute Gasteiger partial charge is 0.338 e. The number of rotatable bonds is 8. The van der Waals surface area contributed by atoms with E-state index in [2.05, 4.69) is 4.72 Å². The SMILES string of the molecule is CCNS(=O)(=O)c1ccc(C)c(C(=O)OCCOc2ccc(F)cc2)c1. The third kappa shape index (κ3) is 5.27. The van der Waals surface area contributed by atoms with Crippen molar-refractivity contribution in [3.63, 3.8) is 0 Å². The summed E-state index contributed by atoms with van der Waals surface area (Å²) in [6, 6.07) is 9.74. The van der Waals surface area contributed by atoms with Crippen molar-refractivity contribution in [2.24, 2.45) is 0 Å². The highest BCUT2D eigenvalue weighted by molar-refractivity contribution is 7.89. The fraction of sp³-hybridized carbons (Fsp3) is 0.278. The third-order valence-corrected chi connectivity index (χ3v) is 5.02. The largest absolute Gasteiger partial charge is 0.490 e. The van der Waals surface area contributed by atoms with Crippen LogP contribution in [0.3, 0.4) is 0 Å². The molecule has 2 aromatic rings. The lowest BCUT2D eigenvalue weighted by Gasteiger charge is -2.11. The van der Waals surface area contributed by atoms with Gasteiger partial charge in [-0.05, 0) is 48.9 Å². The minimum absolute atomic E-state index is 0.000498. The zero-order valence-corrected chi connectivity index (χ0v) is 15.3. The molecule has 0 aliphatic heterocycles. The summed E-state index contributed by atoms with van der Waals surface area (Å²) in [7, 11) is -3.66. The fourth-order valence-corrected chi connectivity index (χ4v) is 3.23. The maximum atomic E-state index is 12.8. The van der Waals surface area contributed by atoms with Crippen LogP contribution in [0.25, 0.3) is 0 Å². The van der Waals surface area contributed by atoms with Crippen LogP contribution >= 0.6 is 0 Å². The van der Waals surface area contributed by atoms with Crippen LogP contribution in [0.1, 0.15) is 22.8 Å². The molecule has 0 saturated carbocycles. The predicted octanol–water partition coefficient (Wildman–Crippen LogP) is 2.67.